The van der Waals surface area contributed by atoms with Crippen molar-refractivity contribution in [3.8, 4) is 0 Å². The second-order valence-corrected chi connectivity index (χ2v) is 5.45. The summed E-state index contributed by atoms with van der Waals surface area (Å²) in [5.74, 6) is 0. The van der Waals surface area contributed by atoms with Gasteiger partial charge in [-0.1, -0.05) is 23.9 Å². The average Bonchev–Trinajstić information content (AvgIpc) is 2.32. The zero-order valence-corrected chi connectivity index (χ0v) is 10.7. The molecule has 0 amide bonds. The molecule has 0 aliphatic carbocycles. The lowest BCUT2D eigenvalue weighted by Crippen LogP contribution is -2.32. The third-order valence-electron chi connectivity index (χ3n) is 2.67. The van der Waals surface area contributed by atoms with Crippen molar-refractivity contribution < 1.29 is 4.79 Å². The highest BCUT2D eigenvalue weighted by Crippen LogP contribution is 2.26. The summed E-state index contributed by atoms with van der Waals surface area (Å²) in [4.78, 5) is 15.3. The largest absolute Gasteiger partial charge is 0.313 e. The molecule has 4 heteroatoms. The van der Waals surface area contributed by atoms with E-state index in [2.05, 4.69) is 16.4 Å². The Kier molecular flexibility index (Phi) is 4.34. The van der Waals surface area contributed by atoms with Gasteiger partial charge >= 0.3 is 0 Å². The molecule has 17 heavy (non-hydrogen) atoms. The van der Waals surface area contributed by atoms with Crippen LogP contribution in [0.15, 0.2) is 30.1 Å². The smallest absolute Gasteiger partial charge is 0.186 e. The molecule has 0 saturated carbocycles. The number of pyridine rings is 1. The Balaban J connectivity index is 2.16. The third-order valence-corrected chi connectivity index (χ3v) is 3.83. The van der Waals surface area contributed by atoms with Gasteiger partial charge in [-0.25, -0.2) is 0 Å². The third kappa shape index (κ3) is 3.68. The Morgan fingerprint density at radius 3 is 3.24 bits per heavy atom. The monoisotopic (exact) mass is 248 g/mol. The van der Waals surface area contributed by atoms with Gasteiger partial charge < -0.3 is 5.32 Å². The van der Waals surface area contributed by atoms with E-state index in [0.717, 1.165) is 25.1 Å². The number of carbonyl (C=O) groups excluding carboxylic acids is 1. The molecule has 3 nitrogen and oxygen atoms in total. The number of hydrogen-bond donors (Lipinski definition) is 1. The fourth-order valence-corrected chi connectivity index (χ4v) is 2.86. The van der Waals surface area contributed by atoms with Gasteiger partial charge in [0.1, 0.15) is 0 Å². The standard InChI is InChI=1S/C13H16N2OS/c1-10(16)17-13-4-6-15-9-12(13)7-11-3-2-5-14-8-11/h2-3,5,7-8,13,15H,4,6,9H2,1H3. The van der Waals surface area contributed by atoms with Gasteiger partial charge in [0.15, 0.2) is 5.12 Å². The summed E-state index contributed by atoms with van der Waals surface area (Å²) in [5.41, 5.74) is 2.38. The molecule has 1 aliphatic heterocycles. The Hall–Kier alpha value is -1.13. The summed E-state index contributed by atoms with van der Waals surface area (Å²) >= 11 is 1.44. The summed E-state index contributed by atoms with van der Waals surface area (Å²) in [6, 6.07) is 3.96. The van der Waals surface area contributed by atoms with Crippen molar-refractivity contribution in [1.29, 1.82) is 0 Å². The lowest BCUT2D eigenvalue weighted by molar-refractivity contribution is -0.109. The number of thioether (sulfide) groups is 1. The van der Waals surface area contributed by atoms with E-state index in [1.807, 2.05) is 18.3 Å². The van der Waals surface area contributed by atoms with Crippen molar-refractivity contribution in [1.82, 2.24) is 10.3 Å². The minimum Gasteiger partial charge on any atom is -0.313 e. The molecule has 1 N–H and O–H groups in total. The normalized spacial score (nSPS) is 22.6. The van der Waals surface area contributed by atoms with Crippen LogP contribution in [0.1, 0.15) is 18.9 Å². The maximum atomic E-state index is 11.2. The van der Waals surface area contributed by atoms with Crippen LogP contribution in [0.5, 0.6) is 0 Å². The number of carbonyl (C=O) groups is 1. The van der Waals surface area contributed by atoms with Crippen molar-refractivity contribution in [2.75, 3.05) is 13.1 Å². The lowest BCUT2D eigenvalue weighted by Gasteiger charge is -2.24. The van der Waals surface area contributed by atoms with E-state index in [9.17, 15) is 4.79 Å². The Bertz CT molecular complexity index is 417. The molecule has 1 fully saturated rings. The van der Waals surface area contributed by atoms with E-state index in [1.165, 1.54) is 17.3 Å². The van der Waals surface area contributed by atoms with E-state index in [0.29, 0.717) is 5.25 Å². The molecule has 1 aliphatic rings. The molecule has 1 unspecified atom stereocenters. The molecule has 0 spiro atoms. The number of piperidine rings is 1. The highest BCUT2D eigenvalue weighted by molar-refractivity contribution is 8.14. The molecule has 2 heterocycles. The van der Waals surface area contributed by atoms with Gasteiger partial charge in [-0.3, -0.25) is 9.78 Å². The van der Waals surface area contributed by atoms with E-state index >= 15 is 0 Å². The highest BCUT2D eigenvalue weighted by Gasteiger charge is 2.20. The van der Waals surface area contributed by atoms with Crippen LogP contribution in [0.25, 0.3) is 6.08 Å². The summed E-state index contributed by atoms with van der Waals surface area (Å²) in [7, 11) is 0. The summed E-state index contributed by atoms with van der Waals surface area (Å²) in [6.07, 6.45) is 6.76. The number of rotatable bonds is 2. The quantitative estimate of drug-likeness (QED) is 0.870. The first kappa shape index (κ1) is 12.3. The molecule has 1 atom stereocenters. The van der Waals surface area contributed by atoms with Crippen LogP contribution >= 0.6 is 11.8 Å². The second-order valence-electron chi connectivity index (χ2n) is 4.07. The van der Waals surface area contributed by atoms with Crippen molar-refractivity contribution in [3.63, 3.8) is 0 Å². The number of nitrogens with one attached hydrogen (secondary N) is 1. The minimum absolute atomic E-state index is 0.189. The molecule has 1 aromatic rings. The van der Waals surface area contributed by atoms with Gasteiger partial charge in [0.2, 0.25) is 0 Å². The Morgan fingerprint density at radius 1 is 1.65 bits per heavy atom. The predicted octanol–water partition coefficient (Wildman–Crippen LogP) is 2.11. The zero-order valence-electron chi connectivity index (χ0n) is 9.85. The van der Waals surface area contributed by atoms with Crippen molar-refractivity contribution in [2.45, 2.75) is 18.6 Å². The maximum absolute atomic E-state index is 11.2. The van der Waals surface area contributed by atoms with Crippen LogP contribution < -0.4 is 5.32 Å². The molecular weight excluding hydrogens is 232 g/mol. The highest BCUT2D eigenvalue weighted by atomic mass is 32.2. The summed E-state index contributed by atoms with van der Waals surface area (Å²) in [5, 5.41) is 3.85. The van der Waals surface area contributed by atoms with E-state index in [4.69, 9.17) is 0 Å². The molecular formula is C13H16N2OS. The number of aromatic nitrogens is 1. The van der Waals surface area contributed by atoms with Gasteiger partial charge in [0, 0.05) is 31.1 Å². The van der Waals surface area contributed by atoms with Crippen LogP contribution in [0.4, 0.5) is 0 Å². The van der Waals surface area contributed by atoms with Crippen molar-refractivity contribution in [2.24, 2.45) is 0 Å². The predicted molar refractivity (Wildman–Crippen MR) is 71.8 cm³/mol. The summed E-state index contributed by atoms with van der Waals surface area (Å²) < 4.78 is 0. The SMILES string of the molecule is CC(=O)SC1CCNCC1=Cc1cccnc1. The molecule has 1 aromatic heterocycles. The first-order valence-electron chi connectivity index (χ1n) is 5.74. The first-order chi connectivity index (χ1) is 8.25. The topological polar surface area (TPSA) is 42.0 Å². The molecule has 1 saturated heterocycles. The van der Waals surface area contributed by atoms with Crippen LogP contribution in [0, 0.1) is 0 Å². The van der Waals surface area contributed by atoms with Crippen LogP contribution in [0.2, 0.25) is 0 Å². The van der Waals surface area contributed by atoms with E-state index < -0.39 is 0 Å². The van der Waals surface area contributed by atoms with Gasteiger partial charge in [-0.2, -0.15) is 0 Å². The number of nitrogens with zero attached hydrogens (tertiary/aromatic N) is 1. The fourth-order valence-electron chi connectivity index (χ4n) is 1.92. The van der Waals surface area contributed by atoms with E-state index in [-0.39, 0.29) is 5.12 Å². The van der Waals surface area contributed by atoms with Gasteiger partial charge in [-0.05, 0) is 30.2 Å². The minimum atomic E-state index is 0.189. The molecule has 0 aromatic carbocycles. The Morgan fingerprint density at radius 2 is 2.53 bits per heavy atom. The van der Waals surface area contributed by atoms with Gasteiger partial charge in [0.25, 0.3) is 0 Å². The lowest BCUT2D eigenvalue weighted by atomic mass is 10.0. The van der Waals surface area contributed by atoms with Crippen LogP contribution in [-0.4, -0.2) is 28.4 Å². The Labute approximate surface area is 106 Å². The summed E-state index contributed by atoms with van der Waals surface area (Å²) in [6.45, 7) is 3.48. The van der Waals surface area contributed by atoms with E-state index in [1.54, 1.807) is 13.1 Å². The number of hydrogen-bond acceptors (Lipinski definition) is 4. The van der Waals surface area contributed by atoms with Crippen molar-refractivity contribution in [3.05, 3.63) is 35.7 Å². The zero-order chi connectivity index (χ0) is 12.1. The molecule has 0 bridgehead atoms. The molecule has 0 radical (unpaired) electrons. The van der Waals surface area contributed by atoms with Crippen molar-refractivity contribution >= 4 is 23.0 Å². The average molecular weight is 248 g/mol. The maximum Gasteiger partial charge on any atom is 0.186 e. The van der Waals surface area contributed by atoms with Gasteiger partial charge in [-0.15, -0.1) is 0 Å². The van der Waals surface area contributed by atoms with Crippen LogP contribution in [-0.2, 0) is 4.79 Å². The second kappa shape index (κ2) is 5.98. The molecule has 2 rings (SSSR count). The van der Waals surface area contributed by atoms with Crippen LogP contribution in [0.3, 0.4) is 0 Å². The van der Waals surface area contributed by atoms with Gasteiger partial charge in [0.05, 0.1) is 0 Å². The molecule has 90 valence electrons. The fraction of sp³-hybridized carbons (Fsp3) is 0.385. The first-order valence-corrected chi connectivity index (χ1v) is 6.62.